The van der Waals surface area contributed by atoms with Crippen molar-refractivity contribution in [3.63, 3.8) is 0 Å². The molecule has 1 aromatic carbocycles. The third-order valence-corrected chi connectivity index (χ3v) is 3.42. The van der Waals surface area contributed by atoms with Crippen molar-refractivity contribution in [2.45, 2.75) is 12.5 Å². The Morgan fingerprint density at radius 2 is 2.05 bits per heavy atom. The van der Waals surface area contributed by atoms with Gasteiger partial charge in [0, 0.05) is 17.3 Å². The van der Waals surface area contributed by atoms with E-state index in [0.29, 0.717) is 28.9 Å². The highest BCUT2D eigenvalue weighted by Crippen LogP contribution is 2.43. The summed E-state index contributed by atoms with van der Waals surface area (Å²) < 4.78 is 0. The van der Waals surface area contributed by atoms with Crippen LogP contribution in [0, 0.1) is 0 Å². The van der Waals surface area contributed by atoms with Crippen LogP contribution < -0.4 is 4.90 Å². The molecule has 20 heavy (non-hydrogen) atoms. The van der Waals surface area contributed by atoms with Crippen molar-refractivity contribution in [1.29, 1.82) is 0 Å². The number of rotatable bonds is 2. The van der Waals surface area contributed by atoms with Gasteiger partial charge in [-0.05, 0) is 25.1 Å². The summed E-state index contributed by atoms with van der Waals surface area (Å²) in [5.74, 6) is -0.154. The number of carbonyl (C=O) groups excluding carboxylic acids is 2. The topological polar surface area (TPSA) is 70.5 Å². The maximum atomic E-state index is 12.4. The number of nitrogens with zero attached hydrogens (tertiary/aromatic N) is 2. The number of hydrogen-bond acceptors (Lipinski definition) is 4. The van der Waals surface area contributed by atoms with Gasteiger partial charge in [-0.3, -0.25) is 14.5 Å². The summed E-state index contributed by atoms with van der Waals surface area (Å²) in [6.45, 7) is 1.46. The predicted octanol–water partition coefficient (Wildman–Crippen LogP) is 1.78. The number of aliphatic hydroxyl groups is 1. The highest BCUT2D eigenvalue weighted by molar-refractivity contribution is 6.11. The van der Waals surface area contributed by atoms with Crippen LogP contribution in [0.4, 0.5) is 11.5 Å². The van der Waals surface area contributed by atoms with Crippen molar-refractivity contribution >= 4 is 23.7 Å². The molecule has 1 atom stereocenters. The van der Waals surface area contributed by atoms with E-state index >= 15 is 0 Å². The lowest BCUT2D eigenvalue weighted by molar-refractivity contribution is -0.133. The number of para-hydroxylation sites is 1. The van der Waals surface area contributed by atoms with Gasteiger partial charge in [-0.25, -0.2) is 4.98 Å². The molecular weight excluding hydrogens is 256 g/mol. The van der Waals surface area contributed by atoms with Gasteiger partial charge in [-0.2, -0.15) is 0 Å². The molecule has 0 saturated heterocycles. The Labute approximate surface area is 115 Å². The van der Waals surface area contributed by atoms with E-state index in [1.807, 2.05) is 0 Å². The van der Waals surface area contributed by atoms with E-state index in [-0.39, 0.29) is 0 Å². The number of anilines is 2. The number of hydrogen-bond donors (Lipinski definition) is 1. The number of benzene rings is 1. The first-order chi connectivity index (χ1) is 9.55. The Bertz CT molecular complexity index is 710. The van der Waals surface area contributed by atoms with Crippen LogP contribution in [0.2, 0.25) is 0 Å². The van der Waals surface area contributed by atoms with Crippen molar-refractivity contribution in [2.75, 3.05) is 4.90 Å². The quantitative estimate of drug-likeness (QED) is 0.843. The predicted molar refractivity (Wildman–Crippen MR) is 72.8 cm³/mol. The molecule has 2 heterocycles. The first-order valence-electron chi connectivity index (χ1n) is 6.13. The monoisotopic (exact) mass is 268 g/mol. The molecule has 1 aliphatic heterocycles. The maximum Gasteiger partial charge on any atom is 0.269 e. The minimum atomic E-state index is -1.59. The Balaban J connectivity index is 2.19. The molecule has 1 unspecified atom stereocenters. The van der Waals surface area contributed by atoms with Crippen molar-refractivity contribution < 1.29 is 14.7 Å². The molecule has 0 radical (unpaired) electrons. The number of carbonyl (C=O) groups is 2. The third-order valence-electron chi connectivity index (χ3n) is 3.42. The van der Waals surface area contributed by atoms with Crippen molar-refractivity contribution in [2.24, 2.45) is 0 Å². The molecule has 100 valence electrons. The molecule has 3 rings (SSSR count). The normalized spacial score (nSPS) is 20.9. The number of pyridine rings is 1. The van der Waals surface area contributed by atoms with Crippen molar-refractivity contribution in [3.05, 3.63) is 53.7 Å². The number of amides is 1. The summed E-state index contributed by atoms with van der Waals surface area (Å²) in [6.07, 6.45) is 2.15. The van der Waals surface area contributed by atoms with Gasteiger partial charge in [0.15, 0.2) is 5.60 Å². The second-order valence-electron chi connectivity index (χ2n) is 4.80. The minimum Gasteiger partial charge on any atom is -0.375 e. The smallest absolute Gasteiger partial charge is 0.269 e. The van der Waals surface area contributed by atoms with E-state index in [1.54, 1.807) is 30.3 Å². The Kier molecular flexibility index (Phi) is 2.65. The summed E-state index contributed by atoms with van der Waals surface area (Å²) in [5.41, 5.74) is -0.0525. The summed E-state index contributed by atoms with van der Waals surface area (Å²) >= 11 is 0. The summed E-state index contributed by atoms with van der Waals surface area (Å²) in [4.78, 5) is 28.7. The van der Waals surface area contributed by atoms with Crippen molar-refractivity contribution in [1.82, 2.24) is 4.98 Å². The van der Waals surface area contributed by atoms with Crippen molar-refractivity contribution in [3.8, 4) is 0 Å². The molecule has 0 bridgehead atoms. The zero-order valence-corrected chi connectivity index (χ0v) is 10.8. The summed E-state index contributed by atoms with van der Waals surface area (Å²) in [6, 6.07) is 10.1. The van der Waals surface area contributed by atoms with E-state index < -0.39 is 11.5 Å². The van der Waals surface area contributed by atoms with Crippen LogP contribution in [-0.2, 0) is 10.4 Å². The molecule has 1 amide bonds. The van der Waals surface area contributed by atoms with Crippen LogP contribution in [0.1, 0.15) is 22.8 Å². The van der Waals surface area contributed by atoms with Gasteiger partial charge in [0.25, 0.3) is 5.91 Å². The van der Waals surface area contributed by atoms with E-state index in [4.69, 9.17) is 0 Å². The fourth-order valence-electron chi connectivity index (χ4n) is 2.38. The van der Waals surface area contributed by atoms with Gasteiger partial charge in [0.05, 0.1) is 5.69 Å². The first kappa shape index (κ1) is 12.5. The SMILES string of the molecule is CC1(O)C(=O)N(c2cc(C=O)ccn2)c2ccccc21. The third kappa shape index (κ3) is 1.64. The van der Waals surface area contributed by atoms with Crippen LogP contribution >= 0.6 is 0 Å². The van der Waals surface area contributed by atoms with Crippen LogP contribution in [0.3, 0.4) is 0 Å². The van der Waals surface area contributed by atoms with E-state index in [9.17, 15) is 14.7 Å². The zero-order chi connectivity index (χ0) is 14.3. The van der Waals surface area contributed by atoms with Gasteiger partial charge in [0.1, 0.15) is 12.1 Å². The van der Waals surface area contributed by atoms with E-state index in [0.717, 1.165) is 0 Å². The lowest BCUT2D eigenvalue weighted by Gasteiger charge is -2.18. The molecule has 0 spiro atoms. The fourth-order valence-corrected chi connectivity index (χ4v) is 2.38. The van der Waals surface area contributed by atoms with Gasteiger partial charge in [0.2, 0.25) is 0 Å². The fraction of sp³-hybridized carbons (Fsp3) is 0.133. The van der Waals surface area contributed by atoms with Gasteiger partial charge < -0.3 is 5.11 Å². The lowest BCUT2D eigenvalue weighted by atomic mass is 9.98. The van der Waals surface area contributed by atoms with E-state index in [2.05, 4.69) is 4.98 Å². The summed E-state index contributed by atoms with van der Waals surface area (Å²) in [7, 11) is 0. The second-order valence-corrected chi connectivity index (χ2v) is 4.80. The highest BCUT2D eigenvalue weighted by atomic mass is 16.3. The van der Waals surface area contributed by atoms with Crippen LogP contribution in [-0.4, -0.2) is 22.3 Å². The molecule has 1 aromatic heterocycles. The van der Waals surface area contributed by atoms with Crippen LogP contribution in [0.15, 0.2) is 42.6 Å². The molecule has 0 saturated carbocycles. The largest absolute Gasteiger partial charge is 0.375 e. The average Bonchev–Trinajstić information content (AvgIpc) is 2.67. The molecular formula is C15H12N2O3. The Hall–Kier alpha value is -2.53. The molecule has 1 N–H and O–H groups in total. The number of aldehydes is 1. The Morgan fingerprint density at radius 3 is 2.80 bits per heavy atom. The number of fused-ring (bicyclic) bond motifs is 1. The maximum absolute atomic E-state index is 12.4. The second kappa shape index (κ2) is 4.25. The van der Waals surface area contributed by atoms with E-state index in [1.165, 1.54) is 24.1 Å². The average molecular weight is 268 g/mol. The van der Waals surface area contributed by atoms with Gasteiger partial charge in [-0.1, -0.05) is 18.2 Å². The van der Waals surface area contributed by atoms with Crippen LogP contribution in [0.5, 0.6) is 0 Å². The standard InChI is InChI=1S/C15H12N2O3/c1-15(20)11-4-2-3-5-12(11)17(14(15)19)13-8-10(9-18)6-7-16-13/h2-9,20H,1H3. The van der Waals surface area contributed by atoms with Crippen LogP contribution in [0.25, 0.3) is 0 Å². The molecule has 2 aromatic rings. The molecule has 0 aliphatic carbocycles. The molecule has 5 nitrogen and oxygen atoms in total. The van der Waals surface area contributed by atoms with Gasteiger partial charge >= 0.3 is 0 Å². The molecule has 5 heteroatoms. The molecule has 1 aliphatic rings. The highest BCUT2D eigenvalue weighted by Gasteiger charge is 2.46. The number of aromatic nitrogens is 1. The van der Waals surface area contributed by atoms with Gasteiger partial charge in [-0.15, -0.1) is 0 Å². The lowest BCUT2D eigenvalue weighted by Crippen LogP contribution is -2.35. The Morgan fingerprint density at radius 1 is 1.30 bits per heavy atom. The minimum absolute atomic E-state index is 0.324. The summed E-state index contributed by atoms with van der Waals surface area (Å²) in [5, 5.41) is 10.4. The first-order valence-corrected chi connectivity index (χ1v) is 6.13. The molecule has 0 fully saturated rings. The zero-order valence-electron chi connectivity index (χ0n) is 10.8.